The summed E-state index contributed by atoms with van der Waals surface area (Å²) in [6, 6.07) is 0. The molecule has 0 saturated carbocycles. The van der Waals surface area contributed by atoms with Gasteiger partial charge in [-0.05, 0) is 18.6 Å². The Balaban J connectivity index is 4.25. The van der Waals surface area contributed by atoms with Crippen molar-refractivity contribution >= 4 is 5.97 Å². The number of rotatable bonds is 4. The third-order valence-corrected chi connectivity index (χ3v) is 1.60. The Labute approximate surface area is 90.4 Å². The van der Waals surface area contributed by atoms with Gasteiger partial charge in [-0.2, -0.15) is 0 Å². The average Bonchev–Trinajstić information content (AvgIpc) is 2.18. The van der Waals surface area contributed by atoms with E-state index in [2.05, 4.69) is 18.4 Å². The molecule has 0 radical (unpaired) electrons. The van der Waals surface area contributed by atoms with Gasteiger partial charge in [-0.15, -0.1) is 6.58 Å². The summed E-state index contributed by atoms with van der Waals surface area (Å²) in [6.45, 7) is 6.95. The van der Waals surface area contributed by atoms with Gasteiger partial charge in [0, 0.05) is 6.92 Å². The van der Waals surface area contributed by atoms with Crippen molar-refractivity contribution in [2.24, 2.45) is 5.92 Å². The standard InChI is InChI=1S/C12H16O3/c1-4-12(9-15-11(3)14)6-5-10(2)7-8-13/h4,7,12-13H,1,8-9H2,2-3H3/b10-7+. The first kappa shape index (κ1) is 13.5. The van der Waals surface area contributed by atoms with Crippen LogP contribution in [0.1, 0.15) is 13.8 Å². The topological polar surface area (TPSA) is 46.5 Å². The van der Waals surface area contributed by atoms with Crippen molar-refractivity contribution in [1.82, 2.24) is 0 Å². The number of aliphatic hydroxyl groups excluding tert-OH is 1. The molecule has 1 unspecified atom stereocenters. The highest BCUT2D eigenvalue weighted by Gasteiger charge is 2.01. The van der Waals surface area contributed by atoms with Crippen LogP contribution in [0.5, 0.6) is 0 Å². The van der Waals surface area contributed by atoms with Crippen molar-refractivity contribution in [3.63, 3.8) is 0 Å². The Morgan fingerprint density at radius 3 is 2.73 bits per heavy atom. The van der Waals surface area contributed by atoms with Crippen LogP contribution in [0.3, 0.4) is 0 Å². The largest absolute Gasteiger partial charge is 0.464 e. The van der Waals surface area contributed by atoms with Crippen LogP contribution in [0.25, 0.3) is 0 Å². The summed E-state index contributed by atoms with van der Waals surface area (Å²) in [5, 5.41) is 8.60. The van der Waals surface area contributed by atoms with Crippen LogP contribution in [0, 0.1) is 17.8 Å². The molecule has 0 saturated heterocycles. The van der Waals surface area contributed by atoms with Gasteiger partial charge in [0.2, 0.25) is 0 Å². The van der Waals surface area contributed by atoms with E-state index in [0.717, 1.165) is 5.57 Å². The second-order valence-electron chi connectivity index (χ2n) is 2.98. The summed E-state index contributed by atoms with van der Waals surface area (Å²) in [5.74, 6) is 5.23. The maximum Gasteiger partial charge on any atom is 0.302 e. The Bertz CT molecular complexity index is 305. The van der Waals surface area contributed by atoms with Crippen molar-refractivity contribution in [3.8, 4) is 11.8 Å². The van der Waals surface area contributed by atoms with Gasteiger partial charge in [-0.1, -0.05) is 17.9 Å². The molecular formula is C12H16O3. The third kappa shape index (κ3) is 7.53. The Morgan fingerprint density at radius 2 is 2.27 bits per heavy atom. The zero-order valence-electron chi connectivity index (χ0n) is 9.12. The number of carbonyl (C=O) groups is 1. The van der Waals surface area contributed by atoms with Gasteiger partial charge in [-0.25, -0.2) is 0 Å². The van der Waals surface area contributed by atoms with Gasteiger partial charge in [0.15, 0.2) is 0 Å². The maximum absolute atomic E-state index is 10.6. The number of hydrogen-bond donors (Lipinski definition) is 1. The van der Waals surface area contributed by atoms with Crippen LogP contribution in [0.4, 0.5) is 0 Å². The predicted octanol–water partition coefficient (Wildman–Crippen LogP) is 1.29. The van der Waals surface area contributed by atoms with E-state index in [1.54, 1.807) is 19.1 Å². The molecule has 0 aromatic heterocycles. The highest BCUT2D eigenvalue weighted by molar-refractivity contribution is 5.65. The van der Waals surface area contributed by atoms with E-state index < -0.39 is 0 Å². The first-order valence-electron chi connectivity index (χ1n) is 4.65. The fraction of sp³-hybridized carbons (Fsp3) is 0.417. The molecule has 1 N–H and O–H groups in total. The monoisotopic (exact) mass is 208 g/mol. The smallest absolute Gasteiger partial charge is 0.302 e. The molecule has 82 valence electrons. The van der Waals surface area contributed by atoms with E-state index in [1.807, 2.05) is 0 Å². The molecule has 1 atom stereocenters. The number of hydrogen-bond acceptors (Lipinski definition) is 3. The lowest BCUT2D eigenvalue weighted by Crippen LogP contribution is -2.08. The average molecular weight is 208 g/mol. The Hall–Kier alpha value is -1.53. The minimum Gasteiger partial charge on any atom is -0.464 e. The molecule has 0 spiro atoms. The fourth-order valence-corrected chi connectivity index (χ4v) is 0.770. The first-order chi connectivity index (χ1) is 7.10. The highest BCUT2D eigenvalue weighted by atomic mass is 16.5. The number of esters is 1. The minimum atomic E-state index is -0.328. The van der Waals surface area contributed by atoms with Crippen molar-refractivity contribution in [2.75, 3.05) is 13.2 Å². The van der Waals surface area contributed by atoms with Gasteiger partial charge >= 0.3 is 5.97 Å². The molecule has 3 nitrogen and oxygen atoms in total. The quantitative estimate of drug-likeness (QED) is 0.430. The van der Waals surface area contributed by atoms with E-state index in [1.165, 1.54) is 6.92 Å². The van der Waals surface area contributed by atoms with Crippen LogP contribution in [0.15, 0.2) is 24.3 Å². The van der Waals surface area contributed by atoms with E-state index in [0.29, 0.717) is 0 Å². The van der Waals surface area contributed by atoms with Crippen LogP contribution < -0.4 is 0 Å². The van der Waals surface area contributed by atoms with Crippen molar-refractivity contribution < 1.29 is 14.6 Å². The van der Waals surface area contributed by atoms with Crippen LogP contribution in [-0.2, 0) is 9.53 Å². The third-order valence-electron chi connectivity index (χ3n) is 1.60. The molecule has 0 amide bonds. The molecule has 0 heterocycles. The number of allylic oxidation sites excluding steroid dienone is 1. The number of aliphatic hydroxyl groups is 1. The van der Waals surface area contributed by atoms with Crippen LogP contribution in [-0.4, -0.2) is 24.3 Å². The maximum atomic E-state index is 10.6. The molecule has 0 aromatic carbocycles. The molecule has 0 fully saturated rings. The zero-order chi connectivity index (χ0) is 11.7. The Kier molecular flexibility index (Phi) is 7.04. The van der Waals surface area contributed by atoms with Gasteiger partial charge in [0.25, 0.3) is 0 Å². The molecule has 0 aliphatic heterocycles. The van der Waals surface area contributed by atoms with Gasteiger partial charge in [-0.3, -0.25) is 4.79 Å². The number of carbonyl (C=O) groups excluding carboxylic acids is 1. The van der Waals surface area contributed by atoms with Gasteiger partial charge in [0.1, 0.15) is 6.61 Å². The summed E-state index contributed by atoms with van der Waals surface area (Å²) in [4.78, 5) is 10.6. The SMILES string of the molecule is C=CC(C#C/C(C)=C/CO)COC(C)=O. The Morgan fingerprint density at radius 1 is 1.60 bits per heavy atom. The second-order valence-corrected chi connectivity index (χ2v) is 2.98. The predicted molar refractivity (Wildman–Crippen MR) is 58.9 cm³/mol. The lowest BCUT2D eigenvalue weighted by Gasteiger charge is -2.04. The molecular weight excluding hydrogens is 192 g/mol. The van der Waals surface area contributed by atoms with Crippen LogP contribution >= 0.6 is 0 Å². The molecule has 15 heavy (non-hydrogen) atoms. The van der Waals surface area contributed by atoms with E-state index in [9.17, 15) is 4.79 Å². The van der Waals surface area contributed by atoms with E-state index >= 15 is 0 Å². The molecule has 0 aliphatic rings. The lowest BCUT2D eigenvalue weighted by atomic mass is 10.1. The van der Waals surface area contributed by atoms with Gasteiger partial charge in [0.05, 0.1) is 12.5 Å². The molecule has 0 aromatic rings. The minimum absolute atomic E-state index is 0.0246. The van der Waals surface area contributed by atoms with Crippen LogP contribution in [0.2, 0.25) is 0 Å². The lowest BCUT2D eigenvalue weighted by molar-refractivity contribution is -0.141. The van der Waals surface area contributed by atoms with E-state index in [-0.39, 0.29) is 25.1 Å². The number of ether oxygens (including phenoxy) is 1. The summed E-state index contributed by atoms with van der Waals surface area (Å²) in [7, 11) is 0. The van der Waals surface area contributed by atoms with Gasteiger partial charge < -0.3 is 9.84 Å². The first-order valence-corrected chi connectivity index (χ1v) is 4.65. The summed E-state index contributed by atoms with van der Waals surface area (Å²) < 4.78 is 4.81. The summed E-state index contributed by atoms with van der Waals surface area (Å²) in [5.41, 5.74) is 0.784. The van der Waals surface area contributed by atoms with Crippen molar-refractivity contribution in [2.45, 2.75) is 13.8 Å². The van der Waals surface area contributed by atoms with Crippen molar-refractivity contribution in [1.29, 1.82) is 0 Å². The molecule has 0 bridgehead atoms. The highest BCUT2D eigenvalue weighted by Crippen LogP contribution is 1.98. The fourth-order valence-electron chi connectivity index (χ4n) is 0.770. The summed E-state index contributed by atoms with van der Waals surface area (Å²) in [6.07, 6.45) is 3.24. The normalized spacial score (nSPS) is 12.3. The van der Waals surface area contributed by atoms with Crippen molar-refractivity contribution in [3.05, 3.63) is 24.3 Å². The molecule has 3 heteroatoms. The molecule has 0 aliphatic carbocycles. The van der Waals surface area contributed by atoms with E-state index in [4.69, 9.17) is 9.84 Å². The zero-order valence-corrected chi connectivity index (χ0v) is 9.12. The summed E-state index contributed by atoms with van der Waals surface area (Å²) >= 11 is 0. The molecule has 0 rings (SSSR count). The second kappa shape index (κ2) is 7.84.